The second-order valence-electron chi connectivity index (χ2n) is 6.83. The average Bonchev–Trinajstić information content (AvgIpc) is 3.15. The van der Waals surface area contributed by atoms with Crippen LogP contribution < -0.4 is 0 Å². The van der Waals surface area contributed by atoms with Gasteiger partial charge in [-0.25, -0.2) is 0 Å². The highest BCUT2D eigenvalue weighted by atomic mass is 32.2. The molecule has 0 atom stereocenters. The third-order valence-corrected chi connectivity index (χ3v) is 5.16. The van der Waals surface area contributed by atoms with Crippen LogP contribution in [0.5, 0.6) is 0 Å². The van der Waals surface area contributed by atoms with E-state index in [1.165, 1.54) is 108 Å². The minimum absolute atomic E-state index is 1.03. The molecule has 0 aliphatic carbocycles. The molecule has 0 saturated carbocycles. The molecule has 1 aliphatic rings. The number of unbranched alkanes of at least 4 members (excludes halogenated alkanes) is 15. The molecule has 0 N–H and O–H groups in total. The van der Waals surface area contributed by atoms with Gasteiger partial charge in [-0.05, 0) is 0 Å². The first-order chi connectivity index (χ1) is 11.4. The van der Waals surface area contributed by atoms with Crippen molar-refractivity contribution >= 4 is 17.3 Å². The van der Waals surface area contributed by atoms with Crippen molar-refractivity contribution in [2.24, 2.45) is 4.99 Å². The highest BCUT2D eigenvalue weighted by molar-refractivity contribution is 8.12. The second kappa shape index (κ2) is 22.0. The SMILES string of the molecule is C1=NCCS1.CCCCCCCCCCCCCCCCCC. The van der Waals surface area contributed by atoms with Crippen LogP contribution in [0.4, 0.5) is 0 Å². The molecule has 1 rings (SSSR count). The average molecular weight is 342 g/mol. The number of hydrogen-bond acceptors (Lipinski definition) is 2. The van der Waals surface area contributed by atoms with E-state index in [0.29, 0.717) is 0 Å². The van der Waals surface area contributed by atoms with Crippen LogP contribution in [0.25, 0.3) is 0 Å². The standard InChI is InChI=1S/C18H38.C3H5NS/c1-3-5-7-9-11-13-15-17-18-16-14-12-10-8-6-4-2;1-2-5-3-4-1/h3-18H2,1-2H3;3H,1-2H2. The van der Waals surface area contributed by atoms with Crippen LogP contribution in [0, 0.1) is 0 Å². The van der Waals surface area contributed by atoms with Gasteiger partial charge in [0.15, 0.2) is 0 Å². The Morgan fingerprint density at radius 1 is 0.609 bits per heavy atom. The van der Waals surface area contributed by atoms with Crippen LogP contribution in [0.15, 0.2) is 4.99 Å². The second-order valence-corrected chi connectivity index (χ2v) is 7.78. The Bertz CT molecular complexity index is 206. The van der Waals surface area contributed by atoms with Gasteiger partial charge in [-0.1, -0.05) is 117 Å². The zero-order valence-corrected chi connectivity index (χ0v) is 17.0. The molecule has 0 fully saturated rings. The van der Waals surface area contributed by atoms with Gasteiger partial charge in [-0.3, -0.25) is 4.99 Å². The van der Waals surface area contributed by atoms with Gasteiger partial charge in [0.2, 0.25) is 0 Å². The third kappa shape index (κ3) is 22.0. The van der Waals surface area contributed by atoms with Gasteiger partial charge in [-0.15, -0.1) is 11.8 Å². The number of hydrogen-bond donors (Lipinski definition) is 0. The molecule has 138 valence electrons. The molecule has 1 nitrogen and oxygen atoms in total. The van der Waals surface area contributed by atoms with Gasteiger partial charge in [0.05, 0.1) is 5.55 Å². The van der Waals surface area contributed by atoms with Crippen molar-refractivity contribution in [3.05, 3.63) is 0 Å². The van der Waals surface area contributed by atoms with Crippen LogP contribution >= 0.6 is 11.8 Å². The number of rotatable bonds is 15. The fourth-order valence-corrected chi connectivity index (χ4v) is 3.41. The van der Waals surface area contributed by atoms with Crippen molar-refractivity contribution in [1.82, 2.24) is 0 Å². The zero-order chi connectivity index (χ0) is 16.8. The molecule has 0 aromatic rings. The van der Waals surface area contributed by atoms with E-state index in [2.05, 4.69) is 18.8 Å². The Morgan fingerprint density at radius 2 is 0.957 bits per heavy atom. The van der Waals surface area contributed by atoms with E-state index in [-0.39, 0.29) is 0 Å². The van der Waals surface area contributed by atoms with Gasteiger partial charge in [-0.2, -0.15) is 0 Å². The predicted molar refractivity (Wildman–Crippen MR) is 111 cm³/mol. The molecule has 0 unspecified atom stereocenters. The van der Waals surface area contributed by atoms with Gasteiger partial charge in [0.25, 0.3) is 0 Å². The highest BCUT2D eigenvalue weighted by Crippen LogP contribution is 2.13. The molecule has 0 radical (unpaired) electrons. The lowest BCUT2D eigenvalue weighted by Crippen LogP contribution is -1.83. The molecule has 1 heterocycles. The first-order valence-electron chi connectivity index (χ1n) is 10.5. The minimum atomic E-state index is 1.03. The van der Waals surface area contributed by atoms with E-state index in [9.17, 15) is 0 Å². The topological polar surface area (TPSA) is 12.4 Å². The summed E-state index contributed by atoms with van der Waals surface area (Å²) in [5, 5.41) is 0. The van der Waals surface area contributed by atoms with Crippen molar-refractivity contribution in [3.63, 3.8) is 0 Å². The van der Waals surface area contributed by atoms with Crippen LogP contribution in [0.1, 0.15) is 117 Å². The molecular weight excluding hydrogens is 298 g/mol. The van der Waals surface area contributed by atoms with E-state index in [1.807, 2.05) is 5.55 Å². The number of aliphatic imine (C=N–C) groups is 1. The monoisotopic (exact) mass is 341 g/mol. The Balaban J connectivity index is 0.000000809. The van der Waals surface area contributed by atoms with E-state index >= 15 is 0 Å². The summed E-state index contributed by atoms with van der Waals surface area (Å²) in [5.74, 6) is 1.19. The Morgan fingerprint density at radius 3 is 1.13 bits per heavy atom. The van der Waals surface area contributed by atoms with Gasteiger partial charge in [0, 0.05) is 12.3 Å². The largest absolute Gasteiger partial charge is 0.285 e. The van der Waals surface area contributed by atoms with E-state index < -0.39 is 0 Å². The van der Waals surface area contributed by atoms with Crippen LogP contribution in [-0.2, 0) is 0 Å². The molecule has 2 heteroatoms. The van der Waals surface area contributed by atoms with E-state index in [4.69, 9.17) is 0 Å². The predicted octanol–water partition coefficient (Wildman–Crippen LogP) is 8.03. The van der Waals surface area contributed by atoms with Crippen LogP contribution in [0.2, 0.25) is 0 Å². The van der Waals surface area contributed by atoms with Crippen LogP contribution in [-0.4, -0.2) is 17.8 Å². The summed E-state index contributed by atoms with van der Waals surface area (Å²) in [7, 11) is 0. The number of thioether (sulfide) groups is 1. The lowest BCUT2D eigenvalue weighted by molar-refractivity contribution is 0.531. The molecular formula is C21H43NS. The summed E-state index contributed by atoms with van der Waals surface area (Å²) in [4.78, 5) is 3.92. The molecule has 1 aliphatic heterocycles. The Hall–Kier alpha value is 0.0200. The maximum atomic E-state index is 3.92. The van der Waals surface area contributed by atoms with Gasteiger partial charge >= 0.3 is 0 Å². The quantitative estimate of drug-likeness (QED) is 0.275. The van der Waals surface area contributed by atoms with Crippen molar-refractivity contribution in [2.75, 3.05) is 12.3 Å². The smallest absolute Gasteiger partial charge is 0.0542 e. The summed E-state index contributed by atoms with van der Waals surface area (Å²) in [6.07, 6.45) is 23.4. The molecule has 0 aromatic heterocycles. The fraction of sp³-hybridized carbons (Fsp3) is 0.952. The molecule has 0 saturated heterocycles. The lowest BCUT2D eigenvalue weighted by Gasteiger charge is -2.03. The first-order valence-corrected chi connectivity index (χ1v) is 11.6. The fourth-order valence-electron chi connectivity index (χ4n) is 2.88. The Labute approximate surface area is 151 Å². The van der Waals surface area contributed by atoms with Crippen molar-refractivity contribution < 1.29 is 0 Å². The van der Waals surface area contributed by atoms with Crippen molar-refractivity contribution in [2.45, 2.75) is 117 Å². The highest BCUT2D eigenvalue weighted by Gasteiger charge is 1.93. The van der Waals surface area contributed by atoms with Gasteiger partial charge in [0.1, 0.15) is 0 Å². The summed E-state index contributed by atoms with van der Waals surface area (Å²) >= 11 is 1.78. The normalized spacial score (nSPS) is 13.1. The summed E-state index contributed by atoms with van der Waals surface area (Å²) in [6.45, 7) is 5.62. The molecule has 0 spiro atoms. The van der Waals surface area contributed by atoms with Crippen molar-refractivity contribution in [1.29, 1.82) is 0 Å². The molecule has 0 aromatic carbocycles. The van der Waals surface area contributed by atoms with E-state index in [1.54, 1.807) is 11.8 Å². The molecule has 23 heavy (non-hydrogen) atoms. The molecule has 0 bridgehead atoms. The van der Waals surface area contributed by atoms with E-state index in [0.717, 1.165) is 6.54 Å². The maximum absolute atomic E-state index is 3.92. The Kier molecular flexibility index (Phi) is 22.0. The first kappa shape index (κ1) is 23.0. The minimum Gasteiger partial charge on any atom is -0.285 e. The van der Waals surface area contributed by atoms with Crippen LogP contribution in [0.3, 0.4) is 0 Å². The molecule has 0 amide bonds. The zero-order valence-electron chi connectivity index (χ0n) is 16.2. The number of nitrogens with zero attached hydrogens (tertiary/aromatic N) is 1. The summed E-state index contributed by atoms with van der Waals surface area (Å²) < 4.78 is 0. The third-order valence-electron chi connectivity index (χ3n) is 4.44. The summed E-state index contributed by atoms with van der Waals surface area (Å²) in [5.41, 5.74) is 1.90. The summed E-state index contributed by atoms with van der Waals surface area (Å²) in [6, 6.07) is 0. The van der Waals surface area contributed by atoms with Gasteiger partial charge < -0.3 is 0 Å². The van der Waals surface area contributed by atoms with Crippen molar-refractivity contribution in [3.8, 4) is 0 Å². The maximum Gasteiger partial charge on any atom is 0.0542 e. The lowest BCUT2D eigenvalue weighted by atomic mass is 10.0.